The second-order valence-electron chi connectivity index (χ2n) is 8.92. The van der Waals surface area contributed by atoms with Gasteiger partial charge in [-0.3, -0.25) is 0 Å². The number of nitrogens with two attached hydrogens (primary N) is 1. The molecule has 0 bridgehead atoms. The summed E-state index contributed by atoms with van der Waals surface area (Å²) in [6, 6.07) is 14.5. The van der Waals surface area contributed by atoms with E-state index < -0.39 is 0 Å². The molecule has 2 aromatic carbocycles. The molecule has 5 rings (SSSR count). The van der Waals surface area contributed by atoms with Gasteiger partial charge in [0.15, 0.2) is 5.82 Å². The molecule has 33 heavy (non-hydrogen) atoms. The summed E-state index contributed by atoms with van der Waals surface area (Å²) in [7, 11) is 0. The number of aromatic nitrogens is 7. The van der Waals surface area contributed by atoms with E-state index in [9.17, 15) is 0 Å². The first-order valence-electron chi connectivity index (χ1n) is 11.0. The molecular weight excluding hydrogens is 412 g/mol. The van der Waals surface area contributed by atoms with Crippen molar-refractivity contribution in [3.63, 3.8) is 0 Å². The summed E-state index contributed by atoms with van der Waals surface area (Å²) >= 11 is 0. The van der Waals surface area contributed by atoms with E-state index in [0.29, 0.717) is 0 Å². The summed E-state index contributed by atoms with van der Waals surface area (Å²) in [5, 5.41) is 4.37. The normalized spacial score (nSPS) is 11.9. The Hall–Kier alpha value is -4.07. The maximum Gasteiger partial charge on any atom is 0.219 e. The first-order chi connectivity index (χ1) is 15.9. The number of nitrogens with zero attached hydrogens (tertiary/aromatic N) is 7. The number of rotatable bonds is 4. The first kappa shape index (κ1) is 20.8. The molecule has 3 aromatic heterocycles. The maximum atomic E-state index is 5.66. The Labute approximate surface area is 192 Å². The van der Waals surface area contributed by atoms with Crippen LogP contribution in [-0.4, -0.2) is 34.3 Å². The summed E-state index contributed by atoms with van der Waals surface area (Å²) in [5.41, 5.74) is 11.3. The van der Waals surface area contributed by atoms with Crippen LogP contribution >= 0.6 is 0 Å². The lowest BCUT2D eigenvalue weighted by Crippen LogP contribution is -2.22. The van der Waals surface area contributed by atoms with E-state index in [1.165, 1.54) is 0 Å². The highest BCUT2D eigenvalue weighted by atomic mass is 15.3. The molecule has 166 valence electrons. The molecule has 0 aliphatic heterocycles. The third-order valence-corrected chi connectivity index (χ3v) is 5.65. The third-order valence-electron chi connectivity index (χ3n) is 5.65. The number of hydrogen-bond acceptors (Lipinski definition) is 6. The highest BCUT2D eigenvalue weighted by Gasteiger charge is 2.25. The fourth-order valence-electron chi connectivity index (χ4n) is 4.18. The smallest absolute Gasteiger partial charge is 0.219 e. The van der Waals surface area contributed by atoms with Crippen LogP contribution in [0.4, 0.5) is 5.95 Å². The van der Waals surface area contributed by atoms with Crippen molar-refractivity contribution >= 4 is 17.0 Å². The van der Waals surface area contributed by atoms with Crippen LogP contribution in [0.25, 0.3) is 44.9 Å². The number of nitrogen functional groups attached to an aromatic ring is 1. The Morgan fingerprint density at radius 1 is 0.879 bits per heavy atom. The van der Waals surface area contributed by atoms with Crippen LogP contribution in [0.15, 0.2) is 61.2 Å². The molecule has 0 unspecified atom stereocenters. The second-order valence-corrected chi connectivity index (χ2v) is 8.92. The second kappa shape index (κ2) is 7.81. The predicted molar refractivity (Wildman–Crippen MR) is 130 cm³/mol. The highest BCUT2D eigenvalue weighted by molar-refractivity contribution is 5.88. The minimum absolute atomic E-state index is 0.193. The van der Waals surface area contributed by atoms with E-state index in [2.05, 4.69) is 82.6 Å². The molecule has 0 saturated carbocycles. The minimum Gasteiger partial charge on any atom is -0.368 e. The summed E-state index contributed by atoms with van der Waals surface area (Å²) in [4.78, 5) is 17.9. The van der Waals surface area contributed by atoms with Gasteiger partial charge in [-0.2, -0.15) is 5.10 Å². The van der Waals surface area contributed by atoms with E-state index in [1.807, 2.05) is 16.8 Å². The molecule has 0 aliphatic carbocycles. The standard InChI is InChI=1S/C25H26N8/c1-5-32-22(29-15-30-32)18-8-6-7-9-19(18)23-31-20-12-16(17-13-27-24(26)28-14-17)10-11-21(20)33(23)25(2,3)4/h6-15H,5H2,1-4H3,(H2,26,27,28). The fourth-order valence-corrected chi connectivity index (χ4v) is 4.18. The molecule has 0 spiro atoms. The molecule has 5 aromatic rings. The Morgan fingerprint density at radius 2 is 1.58 bits per heavy atom. The molecule has 0 saturated heterocycles. The van der Waals surface area contributed by atoms with E-state index in [4.69, 9.17) is 10.7 Å². The van der Waals surface area contributed by atoms with Crippen LogP contribution in [0.5, 0.6) is 0 Å². The van der Waals surface area contributed by atoms with Gasteiger partial charge >= 0.3 is 0 Å². The fraction of sp³-hybridized carbons (Fsp3) is 0.240. The number of hydrogen-bond donors (Lipinski definition) is 1. The molecule has 0 atom stereocenters. The molecule has 0 aliphatic rings. The number of imidazole rings is 1. The average Bonchev–Trinajstić information content (AvgIpc) is 3.43. The summed E-state index contributed by atoms with van der Waals surface area (Å²) in [6.07, 6.45) is 5.07. The van der Waals surface area contributed by atoms with Gasteiger partial charge < -0.3 is 10.3 Å². The summed E-state index contributed by atoms with van der Waals surface area (Å²) < 4.78 is 4.19. The van der Waals surface area contributed by atoms with Crippen molar-refractivity contribution in [2.45, 2.75) is 39.8 Å². The Balaban J connectivity index is 1.75. The quantitative estimate of drug-likeness (QED) is 0.434. The molecule has 8 nitrogen and oxygen atoms in total. The summed E-state index contributed by atoms with van der Waals surface area (Å²) in [6.45, 7) is 9.38. The van der Waals surface area contributed by atoms with Crippen molar-refractivity contribution in [2.24, 2.45) is 0 Å². The molecular formula is C25H26N8. The Morgan fingerprint density at radius 3 is 2.24 bits per heavy atom. The van der Waals surface area contributed by atoms with E-state index >= 15 is 0 Å². The van der Waals surface area contributed by atoms with Crippen molar-refractivity contribution in [3.05, 3.63) is 61.2 Å². The van der Waals surface area contributed by atoms with E-state index in [0.717, 1.165) is 51.5 Å². The van der Waals surface area contributed by atoms with Gasteiger partial charge in [0.2, 0.25) is 5.95 Å². The lowest BCUT2D eigenvalue weighted by atomic mass is 10.0. The van der Waals surface area contributed by atoms with Gasteiger partial charge in [0, 0.05) is 41.2 Å². The van der Waals surface area contributed by atoms with E-state index in [-0.39, 0.29) is 11.5 Å². The zero-order valence-electron chi connectivity index (χ0n) is 19.2. The topological polar surface area (TPSA) is 100 Å². The van der Waals surface area contributed by atoms with Gasteiger partial charge in [0.05, 0.1) is 11.0 Å². The lowest BCUT2D eigenvalue weighted by molar-refractivity contribution is 0.413. The number of fused-ring (bicyclic) bond motifs is 1. The maximum absolute atomic E-state index is 5.66. The van der Waals surface area contributed by atoms with Gasteiger partial charge in [-0.25, -0.2) is 24.6 Å². The van der Waals surface area contributed by atoms with Crippen LogP contribution in [-0.2, 0) is 12.1 Å². The third kappa shape index (κ3) is 3.63. The molecule has 2 N–H and O–H groups in total. The number of benzene rings is 2. The van der Waals surface area contributed by atoms with Gasteiger partial charge in [-0.15, -0.1) is 0 Å². The minimum atomic E-state index is -0.193. The molecule has 0 radical (unpaired) electrons. The highest BCUT2D eigenvalue weighted by Crippen LogP contribution is 2.37. The van der Waals surface area contributed by atoms with Crippen LogP contribution < -0.4 is 5.73 Å². The SMILES string of the molecule is CCn1ncnc1-c1ccccc1-c1nc2cc(-c3cnc(N)nc3)ccc2n1C(C)(C)C. The van der Waals surface area contributed by atoms with Gasteiger partial charge in [0.1, 0.15) is 12.2 Å². The summed E-state index contributed by atoms with van der Waals surface area (Å²) in [5.74, 6) is 1.99. The monoisotopic (exact) mass is 438 g/mol. The zero-order valence-corrected chi connectivity index (χ0v) is 19.2. The van der Waals surface area contributed by atoms with E-state index in [1.54, 1.807) is 18.7 Å². The van der Waals surface area contributed by atoms with Crippen molar-refractivity contribution in [3.8, 4) is 33.9 Å². The molecule has 0 fully saturated rings. The van der Waals surface area contributed by atoms with Crippen LogP contribution in [0.1, 0.15) is 27.7 Å². The van der Waals surface area contributed by atoms with Crippen molar-refractivity contribution < 1.29 is 0 Å². The molecule has 0 amide bonds. The van der Waals surface area contributed by atoms with Gasteiger partial charge in [-0.1, -0.05) is 30.3 Å². The predicted octanol–water partition coefficient (Wildman–Crippen LogP) is 4.78. The first-order valence-corrected chi connectivity index (χ1v) is 11.0. The molecule has 8 heteroatoms. The van der Waals surface area contributed by atoms with Crippen LogP contribution in [0.3, 0.4) is 0 Å². The lowest BCUT2D eigenvalue weighted by Gasteiger charge is -2.25. The Bertz CT molecular complexity index is 1440. The number of aryl methyl sites for hydroxylation is 1. The largest absolute Gasteiger partial charge is 0.368 e. The van der Waals surface area contributed by atoms with Crippen LogP contribution in [0.2, 0.25) is 0 Å². The zero-order chi connectivity index (χ0) is 23.2. The van der Waals surface area contributed by atoms with Crippen molar-refractivity contribution in [1.29, 1.82) is 0 Å². The average molecular weight is 439 g/mol. The number of anilines is 1. The van der Waals surface area contributed by atoms with Gasteiger partial charge in [-0.05, 0) is 45.4 Å². The van der Waals surface area contributed by atoms with Crippen molar-refractivity contribution in [2.75, 3.05) is 5.73 Å². The molecule has 3 heterocycles. The van der Waals surface area contributed by atoms with Crippen LogP contribution in [0, 0.1) is 0 Å². The van der Waals surface area contributed by atoms with Crippen molar-refractivity contribution in [1.82, 2.24) is 34.3 Å². The Kier molecular flexibility index (Phi) is 4.92. The van der Waals surface area contributed by atoms with Gasteiger partial charge in [0.25, 0.3) is 0 Å².